The van der Waals surface area contributed by atoms with Crippen LogP contribution >= 0.6 is 0 Å². The van der Waals surface area contributed by atoms with E-state index in [1.807, 2.05) is 0 Å². The van der Waals surface area contributed by atoms with Gasteiger partial charge in [0.2, 0.25) is 0 Å². The highest BCUT2D eigenvalue weighted by atomic mass is 14.9. The first-order valence-corrected chi connectivity index (χ1v) is 5.09. The summed E-state index contributed by atoms with van der Waals surface area (Å²) in [5.74, 6) is 2.02. The molecule has 1 aliphatic carbocycles. The number of hydrogen-bond donors (Lipinski definition) is 1. The van der Waals surface area contributed by atoms with Gasteiger partial charge in [-0.2, -0.15) is 0 Å². The van der Waals surface area contributed by atoms with Gasteiger partial charge in [0.15, 0.2) is 0 Å². The minimum atomic E-state index is 0.889. The third-order valence-electron chi connectivity index (χ3n) is 3.40. The standard InChI is InChI=1S/C10H19N/c1-8-4-5-9(7-8)10-3-2-6-11-10/h8-11H,2-7H2,1H3. The van der Waals surface area contributed by atoms with Gasteiger partial charge in [0, 0.05) is 6.04 Å². The number of nitrogens with one attached hydrogen (secondary N) is 1. The van der Waals surface area contributed by atoms with E-state index in [0.717, 1.165) is 17.9 Å². The molecule has 0 aromatic heterocycles. The lowest BCUT2D eigenvalue weighted by molar-refractivity contribution is 0.387. The van der Waals surface area contributed by atoms with Crippen molar-refractivity contribution in [2.24, 2.45) is 11.8 Å². The molecule has 64 valence electrons. The van der Waals surface area contributed by atoms with Gasteiger partial charge >= 0.3 is 0 Å². The van der Waals surface area contributed by atoms with E-state index in [1.54, 1.807) is 0 Å². The highest BCUT2D eigenvalue weighted by Crippen LogP contribution is 2.34. The van der Waals surface area contributed by atoms with Gasteiger partial charge in [0.1, 0.15) is 0 Å². The summed E-state index contributed by atoms with van der Waals surface area (Å²) in [6.07, 6.45) is 7.30. The van der Waals surface area contributed by atoms with Crippen molar-refractivity contribution in [2.75, 3.05) is 6.54 Å². The van der Waals surface area contributed by atoms with Gasteiger partial charge in [-0.3, -0.25) is 0 Å². The summed E-state index contributed by atoms with van der Waals surface area (Å²) in [5, 5.41) is 3.62. The van der Waals surface area contributed by atoms with Crippen LogP contribution in [-0.4, -0.2) is 12.6 Å². The molecule has 1 aliphatic heterocycles. The van der Waals surface area contributed by atoms with Crippen molar-refractivity contribution >= 4 is 0 Å². The third-order valence-corrected chi connectivity index (χ3v) is 3.40. The molecule has 1 N–H and O–H groups in total. The highest BCUT2D eigenvalue weighted by Gasteiger charge is 2.29. The molecule has 0 amide bonds. The number of rotatable bonds is 1. The van der Waals surface area contributed by atoms with Crippen LogP contribution in [0.4, 0.5) is 0 Å². The van der Waals surface area contributed by atoms with Crippen LogP contribution in [0.5, 0.6) is 0 Å². The molecule has 3 atom stereocenters. The van der Waals surface area contributed by atoms with Crippen molar-refractivity contribution in [3.8, 4) is 0 Å². The maximum absolute atomic E-state index is 3.62. The van der Waals surface area contributed by atoms with Crippen molar-refractivity contribution in [3.63, 3.8) is 0 Å². The molecule has 1 saturated heterocycles. The van der Waals surface area contributed by atoms with Gasteiger partial charge in [-0.25, -0.2) is 0 Å². The summed E-state index contributed by atoms with van der Waals surface area (Å²) in [6, 6.07) is 0.889. The molecular formula is C10H19N. The lowest BCUT2D eigenvalue weighted by Crippen LogP contribution is -2.28. The average Bonchev–Trinajstić information content (AvgIpc) is 2.55. The molecule has 1 saturated carbocycles. The van der Waals surface area contributed by atoms with Crippen molar-refractivity contribution in [1.82, 2.24) is 5.32 Å². The lowest BCUT2D eigenvalue weighted by atomic mass is 9.96. The molecule has 0 radical (unpaired) electrons. The zero-order chi connectivity index (χ0) is 7.68. The van der Waals surface area contributed by atoms with E-state index >= 15 is 0 Å². The number of hydrogen-bond acceptors (Lipinski definition) is 1. The van der Waals surface area contributed by atoms with E-state index in [4.69, 9.17) is 0 Å². The van der Waals surface area contributed by atoms with E-state index in [9.17, 15) is 0 Å². The van der Waals surface area contributed by atoms with Crippen LogP contribution in [0.25, 0.3) is 0 Å². The van der Waals surface area contributed by atoms with Crippen LogP contribution in [-0.2, 0) is 0 Å². The Morgan fingerprint density at radius 1 is 1.18 bits per heavy atom. The van der Waals surface area contributed by atoms with Crippen molar-refractivity contribution in [2.45, 2.75) is 45.1 Å². The van der Waals surface area contributed by atoms with Gasteiger partial charge in [-0.15, -0.1) is 0 Å². The smallest absolute Gasteiger partial charge is 0.00958 e. The van der Waals surface area contributed by atoms with Crippen molar-refractivity contribution in [1.29, 1.82) is 0 Å². The minimum Gasteiger partial charge on any atom is -0.314 e. The Morgan fingerprint density at radius 2 is 2.09 bits per heavy atom. The molecule has 2 rings (SSSR count). The van der Waals surface area contributed by atoms with Crippen LogP contribution in [0, 0.1) is 11.8 Å². The lowest BCUT2D eigenvalue weighted by Gasteiger charge is -2.17. The fraction of sp³-hybridized carbons (Fsp3) is 1.00. The summed E-state index contributed by atoms with van der Waals surface area (Å²) in [5.41, 5.74) is 0. The van der Waals surface area contributed by atoms with E-state index in [1.165, 1.54) is 38.6 Å². The highest BCUT2D eigenvalue weighted by molar-refractivity contribution is 4.86. The molecule has 0 aromatic rings. The maximum atomic E-state index is 3.62. The summed E-state index contributed by atoms with van der Waals surface area (Å²) < 4.78 is 0. The largest absolute Gasteiger partial charge is 0.314 e. The van der Waals surface area contributed by atoms with E-state index in [-0.39, 0.29) is 0 Å². The minimum absolute atomic E-state index is 0.889. The molecule has 0 aromatic carbocycles. The summed E-state index contributed by atoms with van der Waals surface area (Å²) >= 11 is 0. The third kappa shape index (κ3) is 1.58. The predicted molar refractivity (Wildman–Crippen MR) is 47.5 cm³/mol. The molecule has 1 nitrogen and oxygen atoms in total. The van der Waals surface area contributed by atoms with Crippen LogP contribution in [0.15, 0.2) is 0 Å². The van der Waals surface area contributed by atoms with Crippen molar-refractivity contribution in [3.05, 3.63) is 0 Å². The Labute approximate surface area is 69.6 Å². The van der Waals surface area contributed by atoms with Crippen LogP contribution < -0.4 is 5.32 Å². The zero-order valence-electron chi connectivity index (χ0n) is 7.47. The molecule has 2 fully saturated rings. The average molecular weight is 153 g/mol. The van der Waals surface area contributed by atoms with Crippen molar-refractivity contribution < 1.29 is 0 Å². The van der Waals surface area contributed by atoms with E-state index < -0.39 is 0 Å². The molecule has 0 spiro atoms. The van der Waals surface area contributed by atoms with E-state index in [2.05, 4.69) is 12.2 Å². The van der Waals surface area contributed by atoms with Crippen LogP contribution in [0.3, 0.4) is 0 Å². The first-order valence-electron chi connectivity index (χ1n) is 5.09. The quantitative estimate of drug-likeness (QED) is 0.609. The van der Waals surface area contributed by atoms with Gasteiger partial charge < -0.3 is 5.32 Å². The maximum Gasteiger partial charge on any atom is 0.00958 e. The van der Waals surface area contributed by atoms with Crippen LogP contribution in [0.1, 0.15) is 39.0 Å². The molecule has 11 heavy (non-hydrogen) atoms. The summed E-state index contributed by atoms with van der Waals surface area (Å²) in [4.78, 5) is 0. The Kier molecular flexibility index (Phi) is 2.17. The Balaban J connectivity index is 1.85. The predicted octanol–water partition coefficient (Wildman–Crippen LogP) is 2.17. The fourth-order valence-corrected chi connectivity index (χ4v) is 2.73. The topological polar surface area (TPSA) is 12.0 Å². The Morgan fingerprint density at radius 3 is 2.64 bits per heavy atom. The van der Waals surface area contributed by atoms with Gasteiger partial charge in [-0.05, 0) is 44.1 Å². The van der Waals surface area contributed by atoms with Gasteiger partial charge in [0.25, 0.3) is 0 Å². The molecule has 1 heterocycles. The molecular weight excluding hydrogens is 134 g/mol. The molecule has 0 bridgehead atoms. The molecule has 1 heteroatoms. The summed E-state index contributed by atoms with van der Waals surface area (Å²) in [7, 11) is 0. The second-order valence-electron chi connectivity index (χ2n) is 4.38. The Bertz CT molecular complexity index is 127. The van der Waals surface area contributed by atoms with E-state index in [0.29, 0.717) is 0 Å². The second-order valence-corrected chi connectivity index (χ2v) is 4.38. The first kappa shape index (κ1) is 7.60. The normalized spacial score (nSPS) is 45.0. The van der Waals surface area contributed by atoms with Gasteiger partial charge in [0.05, 0.1) is 0 Å². The fourth-order valence-electron chi connectivity index (χ4n) is 2.73. The SMILES string of the molecule is CC1CCC(C2CCCN2)C1. The molecule has 2 aliphatic rings. The monoisotopic (exact) mass is 153 g/mol. The second kappa shape index (κ2) is 3.14. The Hall–Kier alpha value is -0.0400. The summed E-state index contributed by atoms with van der Waals surface area (Å²) in [6.45, 7) is 3.67. The van der Waals surface area contributed by atoms with Gasteiger partial charge in [-0.1, -0.05) is 13.3 Å². The zero-order valence-corrected chi connectivity index (χ0v) is 7.47. The first-order chi connectivity index (χ1) is 5.36. The molecule has 3 unspecified atom stereocenters. The van der Waals surface area contributed by atoms with Crippen LogP contribution in [0.2, 0.25) is 0 Å².